The van der Waals surface area contributed by atoms with E-state index in [1.807, 2.05) is 65.4 Å². The summed E-state index contributed by atoms with van der Waals surface area (Å²) in [6.07, 6.45) is 3.78. The van der Waals surface area contributed by atoms with Crippen LogP contribution < -0.4 is 4.74 Å². The maximum absolute atomic E-state index is 6.59. The van der Waals surface area contributed by atoms with Gasteiger partial charge in [-0.25, -0.2) is 9.97 Å². The number of benzene rings is 16. The second-order valence-corrected chi connectivity index (χ2v) is 36.5. The van der Waals surface area contributed by atoms with Crippen molar-refractivity contribution in [2.45, 2.75) is 38.5 Å². The van der Waals surface area contributed by atoms with Crippen molar-refractivity contribution in [2.24, 2.45) is 0 Å². The van der Waals surface area contributed by atoms with Crippen molar-refractivity contribution in [2.75, 3.05) is 0 Å². The smallest absolute Gasteiger partial charge is 0.503 e. The van der Waals surface area contributed by atoms with Crippen LogP contribution in [0.3, 0.4) is 0 Å². The van der Waals surface area contributed by atoms with Crippen LogP contribution in [0.15, 0.2) is 382 Å². The van der Waals surface area contributed by atoms with E-state index in [0.717, 1.165) is 61.1 Å². The molecule has 0 bridgehead atoms. The molecule has 13 heteroatoms. The molecule has 0 unspecified atom stereocenters. The zero-order valence-electron chi connectivity index (χ0n) is 69.9. The average Bonchev–Trinajstić information content (AvgIpc) is 1.61. The van der Waals surface area contributed by atoms with Gasteiger partial charge >= 0.3 is 21.1 Å². The molecule has 27 aromatic rings. The third-order valence-electron chi connectivity index (χ3n) is 27.2. The molecule has 0 amide bonds. The number of nitrogens with zero attached hydrogens (tertiary/aromatic N) is 9. The first-order valence-electron chi connectivity index (χ1n) is 43.2. The van der Waals surface area contributed by atoms with Crippen LogP contribution in [0.5, 0.6) is 11.5 Å². The van der Waals surface area contributed by atoms with Gasteiger partial charge in [-0.05, 0) is 144 Å². The Morgan fingerprint density at radius 1 is 0.305 bits per heavy atom. The van der Waals surface area contributed by atoms with E-state index in [-0.39, 0.29) is 31.9 Å². The fourth-order valence-electron chi connectivity index (χ4n) is 20.8. The van der Waals surface area contributed by atoms with Crippen LogP contribution in [0, 0.1) is 12.1 Å². The molecule has 1 aliphatic rings. The fourth-order valence-corrected chi connectivity index (χ4v) is 23.0. The summed E-state index contributed by atoms with van der Waals surface area (Å²) in [5, 5.41) is 20.8. The van der Waals surface area contributed by atoms with Crippen molar-refractivity contribution >= 4 is 199 Å². The number of para-hydroxylation sites is 10. The minimum atomic E-state index is -0.211. The molecule has 11 aromatic heterocycles. The minimum Gasteiger partial charge on any atom is -0.503 e. The van der Waals surface area contributed by atoms with Crippen LogP contribution >= 0.6 is 22.7 Å². The van der Waals surface area contributed by atoms with Gasteiger partial charge in [0.25, 0.3) is 0 Å². The first-order valence-corrected chi connectivity index (χ1v) is 44.8. The molecule has 0 spiro atoms. The van der Waals surface area contributed by atoms with Crippen LogP contribution in [0.25, 0.3) is 217 Å². The van der Waals surface area contributed by atoms with Gasteiger partial charge in [-0.3, -0.25) is 9.55 Å². The standard InChI is InChI=1S/C44H32N4O.C36H22N2S.C35H21N3S.Pt/c1-43(2)35-17-12-16-33-30-22-20-28(25-34(30)42-46-39(27-13-6-5-7-14-27)41(44(43,3)4)48(42)40(33)35)49-29-21-23-32-31-15-8-9-18-36(31)47(37(32)26-29)38-19-10-11-24-45-38;1-5-13-31-25(9-1)26-10-2-6-14-32(26)37(31)23-17-19-35-29(21-23)30-22-24(18-20-36(30)39-35)38-33-15-7-3-11-27(33)28-12-4-8-16-34(28)38;1-5-13-29-23(9-1)24-10-2-6-14-30(24)37(29)22-17-18-33-28(21-22)27-19-20-36-35(34(27)39-33)38-31-15-7-3-11-25(31)26-12-4-8-16-32(26)38;/h5-24H,1-4H3;1-22H;1-21H;/q-2;;;+2. The van der Waals surface area contributed by atoms with Crippen LogP contribution in [0.4, 0.5) is 0 Å². The van der Waals surface area contributed by atoms with Gasteiger partial charge in [0.1, 0.15) is 5.82 Å². The summed E-state index contributed by atoms with van der Waals surface area (Å²) < 4.78 is 25.8. The number of fused-ring (bicyclic) bond motifs is 24. The Bertz CT molecular complexity index is 8740. The second-order valence-electron chi connectivity index (χ2n) is 34.4. The first kappa shape index (κ1) is 75.5. The summed E-state index contributed by atoms with van der Waals surface area (Å²) in [6, 6.07) is 140. The number of rotatable bonds is 8. The Hall–Kier alpha value is -15.0. The van der Waals surface area contributed by atoms with E-state index in [2.05, 4.69) is 412 Å². The molecule has 0 N–H and O–H groups in total. The molecule has 0 saturated heterocycles. The molecular formula is C115H75N9OPtS2. The van der Waals surface area contributed by atoms with Gasteiger partial charge in [0.05, 0.1) is 60.2 Å². The number of aromatic nitrogens is 9. The van der Waals surface area contributed by atoms with Crippen molar-refractivity contribution in [3.63, 3.8) is 0 Å². The number of pyridine rings is 3. The zero-order valence-corrected chi connectivity index (χ0v) is 73.8. The molecule has 0 radical (unpaired) electrons. The Balaban J connectivity index is 0.000000105. The van der Waals surface area contributed by atoms with E-state index in [4.69, 9.17) is 14.7 Å². The zero-order chi connectivity index (χ0) is 84.1. The molecular weight excluding hydrogens is 1780 g/mol. The van der Waals surface area contributed by atoms with Gasteiger partial charge < -0.3 is 27.4 Å². The number of hydrogen-bond acceptors (Lipinski definition) is 6. The number of imidazole rings is 1. The monoisotopic (exact) mass is 1860 g/mol. The molecule has 0 saturated carbocycles. The summed E-state index contributed by atoms with van der Waals surface area (Å²) in [5.74, 6) is 3.05. The Labute approximate surface area is 757 Å². The summed E-state index contributed by atoms with van der Waals surface area (Å²) in [4.78, 5) is 15.1. The number of thiophene rings is 2. The van der Waals surface area contributed by atoms with E-state index < -0.39 is 0 Å². The average molecular weight is 1860 g/mol. The van der Waals surface area contributed by atoms with Crippen LogP contribution in [0.1, 0.15) is 39.0 Å². The van der Waals surface area contributed by atoms with Gasteiger partial charge in [-0.2, -0.15) is 6.07 Å². The fraction of sp³-hybridized carbons (Fsp3) is 0.0522. The van der Waals surface area contributed by atoms with Gasteiger partial charge in [0, 0.05) is 153 Å². The van der Waals surface area contributed by atoms with Gasteiger partial charge in [-0.1, -0.05) is 268 Å². The van der Waals surface area contributed by atoms with Gasteiger partial charge in [0.2, 0.25) is 0 Å². The van der Waals surface area contributed by atoms with Crippen molar-refractivity contribution in [1.82, 2.24) is 42.2 Å². The van der Waals surface area contributed by atoms with E-state index in [1.54, 1.807) is 0 Å². The maximum atomic E-state index is 6.59. The molecule has 608 valence electrons. The Morgan fingerprint density at radius 2 is 0.711 bits per heavy atom. The molecule has 128 heavy (non-hydrogen) atoms. The van der Waals surface area contributed by atoms with Crippen molar-refractivity contribution in [3.05, 3.63) is 406 Å². The van der Waals surface area contributed by atoms with Crippen molar-refractivity contribution < 1.29 is 25.8 Å². The predicted molar refractivity (Wildman–Crippen MR) is 532 cm³/mol. The van der Waals surface area contributed by atoms with Crippen LogP contribution in [-0.4, -0.2) is 42.2 Å². The van der Waals surface area contributed by atoms with Crippen LogP contribution in [-0.2, 0) is 31.9 Å². The molecule has 0 fully saturated rings. The van der Waals surface area contributed by atoms with E-state index in [0.29, 0.717) is 11.5 Å². The molecule has 10 nitrogen and oxygen atoms in total. The molecule has 16 aromatic carbocycles. The Kier molecular flexibility index (Phi) is 17.1. The topological polar surface area (TPSA) is 77.0 Å². The van der Waals surface area contributed by atoms with Gasteiger partial charge in [-0.15, -0.1) is 52.3 Å². The third-order valence-corrected chi connectivity index (χ3v) is 29.5. The molecule has 28 rings (SSSR count). The molecule has 12 heterocycles. The van der Waals surface area contributed by atoms with Crippen molar-refractivity contribution in [1.29, 1.82) is 0 Å². The SMILES string of the molecule is CC1(C)c2cccc3c4ccc(Oc5[c-]c6c(cc5)c5ccccc5n6-c5ccccn5)[c-]c4c4nc(-c5ccccc5)c(n4c23)C1(C)C.[Pt+2].c1ccc2c(c1)c1ccccc1n2-c1ccc2sc3c(-n4c5ccccc5c5ccccc54)nccc3c2c1.c1ccc2c(c1)c1ccccc1n2-c1ccc2sc3ccc(-n4c5ccccc5c5ccccc54)cc3c2c1. The summed E-state index contributed by atoms with van der Waals surface area (Å²) in [7, 11) is 0. The number of ether oxygens (including phenoxy) is 1. The van der Waals surface area contributed by atoms with E-state index in [1.165, 1.54) is 167 Å². The van der Waals surface area contributed by atoms with E-state index >= 15 is 0 Å². The quantitative estimate of drug-likeness (QED) is 0.112. The number of hydrogen-bond donors (Lipinski definition) is 0. The molecule has 1 aliphatic heterocycles. The predicted octanol–water partition coefficient (Wildman–Crippen LogP) is 30.7. The molecule has 0 atom stereocenters. The Morgan fingerprint density at radius 3 is 1.19 bits per heavy atom. The largest absolute Gasteiger partial charge is 2.00 e. The third kappa shape index (κ3) is 11.2. The normalized spacial score (nSPS) is 13.1. The van der Waals surface area contributed by atoms with Crippen molar-refractivity contribution in [3.8, 4) is 51.5 Å². The first-order chi connectivity index (χ1) is 62.5. The van der Waals surface area contributed by atoms with Gasteiger partial charge in [0.15, 0.2) is 5.82 Å². The minimum absolute atomic E-state index is 0. The second kappa shape index (κ2) is 29.0. The summed E-state index contributed by atoms with van der Waals surface area (Å²) >= 11 is 3.69. The summed E-state index contributed by atoms with van der Waals surface area (Å²) in [6.45, 7) is 9.45. The maximum Gasteiger partial charge on any atom is 2.00 e. The summed E-state index contributed by atoms with van der Waals surface area (Å²) in [5.41, 5.74) is 21.8. The van der Waals surface area contributed by atoms with E-state index in [9.17, 15) is 0 Å². The molecule has 0 aliphatic carbocycles. The van der Waals surface area contributed by atoms with Crippen LogP contribution in [0.2, 0.25) is 0 Å².